The standard InChI is InChI=1S/C24H31N3O2/c1-3-13-27(18-21-11-9-20(2)10-12-21)23(28)19-25-14-16-26(17-15-25)24(29)22-7-5-4-6-8-22/h4-12H,3,13-19H2,1-2H3. The largest absolute Gasteiger partial charge is 0.337 e. The Balaban J connectivity index is 1.52. The second-order valence-corrected chi connectivity index (χ2v) is 7.74. The van der Waals surface area contributed by atoms with Crippen LogP contribution in [0.1, 0.15) is 34.8 Å². The van der Waals surface area contributed by atoms with Crippen LogP contribution in [0.4, 0.5) is 0 Å². The number of hydrogen-bond donors (Lipinski definition) is 0. The van der Waals surface area contributed by atoms with Gasteiger partial charge < -0.3 is 9.80 Å². The van der Waals surface area contributed by atoms with Crippen molar-refractivity contribution in [2.75, 3.05) is 39.3 Å². The molecule has 29 heavy (non-hydrogen) atoms. The fraction of sp³-hybridized carbons (Fsp3) is 0.417. The summed E-state index contributed by atoms with van der Waals surface area (Å²) in [5.41, 5.74) is 3.12. The second kappa shape index (κ2) is 10.2. The summed E-state index contributed by atoms with van der Waals surface area (Å²) < 4.78 is 0. The highest BCUT2D eigenvalue weighted by Crippen LogP contribution is 2.11. The number of nitrogens with zero attached hydrogens (tertiary/aromatic N) is 3. The van der Waals surface area contributed by atoms with E-state index < -0.39 is 0 Å². The zero-order valence-corrected chi connectivity index (χ0v) is 17.5. The number of rotatable bonds is 7. The number of carbonyl (C=O) groups excluding carboxylic acids is 2. The van der Waals surface area contributed by atoms with Gasteiger partial charge in [-0.15, -0.1) is 0 Å². The molecule has 0 unspecified atom stereocenters. The van der Waals surface area contributed by atoms with Crippen LogP contribution in [0.5, 0.6) is 0 Å². The van der Waals surface area contributed by atoms with Gasteiger partial charge >= 0.3 is 0 Å². The van der Waals surface area contributed by atoms with Crippen LogP contribution in [0.3, 0.4) is 0 Å². The lowest BCUT2D eigenvalue weighted by Gasteiger charge is -2.35. The van der Waals surface area contributed by atoms with Gasteiger partial charge in [-0.3, -0.25) is 14.5 Å². The number of piperazine rings is 1. The van der Waals surface area contributed by atoms with Crippen molar-refractivity contribution in [3.05, 3.63) is 71.3 Å². The summed E-state index contributed by atoms with van der Waals surface area (Å²) in [6.07, 6.45) is 0.941. The molecule has 2 aromatic carbocycles. The van der Waals surface area contributed by atoms with Crippen molar-refractivity contribution in [3.63, 3.8) is 0 Å². The summed E-state index contributed by atoms with van der Waals surface area (Å²) in [6, 6.07) is 17.8. The molecular formula is C24H31N3O2. The van der Waals surface area contributed by atoms with E-state index in [0.29, 0.717) is 26.2 Å². The second-order valence-electron chi connectivity index (χ2n) is 7.74. The highest BCUT2D eigenvalue weighted by atomic mass is 16.2. The van der Waals surface area contributed by atoms with Gasteiger partial charge in [0, 0.05) is 44.8 Å². The molecule has 0 saturated carbocycles. The first-order chi connectivity index (χ1) is 14.1. The molecule has 1 aliphatic rings. The van der Waals surface area contributed by atoms with Gasteiger partial charge in [-0.25, -0.2) is 0 Å². The van der Waals surface area contributed by atoms with Crippen molar-refractivity contribution in [2.45, 2.75) is 26.8 Å². The number of aryl methyl sites for hydroxylation is 1. The smallest absolute Gasteiger partial charge is 0.253 e. The zero-order chi connectivity index (χ0) is 20.6. The van der Waals surface area contributed by atoms with Crippen LogP contribution < -0.4 is 0 Å². The van der Waals surface area contributed by atoms with E-state index in [2.05, 4.69) is 43.0 Å². The fourth-order valence-corrected chi connectivity index (χ4v) is 3.64. The maximum atomic E-state index is 12.9. The molecule has 1 saturated heterocycles. The minimum Gasteiger partial charge on any atom is -0.337 e. The quantitative estimate of drug-likeness (QED) is 0.726. The summed E-state index contributed by atoms with van der Waals surface area (Å²) in [4.78, 5) is 31.5. The van der Waals surface area contributed by atoms with Crippen LogP contribution in [0, 0.1) is 6.92 Å². The maximum Gasteiger partial charge on any atom is 0.253 e. The molecule has 0 bridgehead atoms. The number of amides is 2. The molecule has 5 nitrogen and oxygen atoms in total. The molecule has 1 heterocycles. The molecule has 3 rings (SSSR count). The van der Waals surface area contributed by atoms with E-state index in [1.165, 1.54) is 5.56 Å². The molecule has 0 aliphatic carbocycles. The Morgan fingerprint density at radius 2 is 1.59 bits per heavy atom. The van der Waals surface area contributed by atoms with Gasteiger partial charge in [0.1, 0.15) is 0 Å². The van der Waals surface area contributed by atoms with Crippen LogP contribution in [0.2, 0.25) is 0 Å². The summed E-state index contributed by atoms with van der Waals surface area (Å²) in [5, 5.41) is 0. The van der Waals surface area contributed by atoms with E-state index in [0.717, 1.165) is 37.2 Å². The average molecular weight is 394 g/mol. The first kappa shape index (κ1) is 21.1. The molecule has 0 aromatic heterocycles. The average Bonchev–Trinajstić information content (AvgIpc) is 2.75. The lowest BCUT2D eigenvalue weighted by molar-refractivity contribution is -0.133. The van der Waals surface area contributed by atoms with E-state index >= 15 is 0 Å². The normalized spacial score (nSPS) is 14.6. The Morgan fingerprint density at radius 1 is 0.931 bits per heavy atom. The summed E-state index contributed by atoms with van der Waals surface area (Å²) >= 11 is 0. The third kappa shape index (κ3) is 5.91. The number of benzene rings is 2. The third-order valence-electron chi connectivity index (χ3n) is 5.38. The number of carbonyl (C=O) groups is 2. The number of hydrogen-bond acceptors (Lipinski definition) is 3. The van der Waals surface area contributed by atoms with Gasteiger partial charge in [-0.1, -0.05) is 55.0 Å². The van der Waals surface area contributed by atoms with Gasteiger partial charge in [0.25, 0.3) is 5.91 Å². The summed E-state index contributed by atoms with van der Waals surface area (Å²) in [6.45, 7) is 8.78. The van der Waals surface area contributed by atoms with Crippen LogP contribution in [-0.2, 0) is 11.3 Å². The molecule has 5 heteroatoms. The van der Waals surface area contributed by atoms with Crippen LogP contribution in [-0.4, -0.2) is 65.8 Å². The van der Waals surface area contributed by atoms with E-state index in [-0.39, 0.29) is 11.8 Å². The van der Waals surface area contributed by atoms with Crippen molar-refractivity contribution in [1.82, 2.24) is 14.7 Å². The molecule has 2 amide bonds. The van der Waals surface area contributed by atoms with Crippen molar-refractivity contribution in [2.24, 2.45) is 0 Å². The van der Waals surface area contributed by atoms with Gasteiger partial charge in [-0.2, -0.15) is 0 Å². The zero-order valence-electron chi connectivity index (χ0n) is 17.5. The van der Waals surface area contributed by atoms with Crippen molar-refractivity contribution < 1.29 is 9.59 Å². The lowest BCUT2D eigenvalue weighted by atomic mass is 10.1. The van der Waals surface area contributed by atoms with E-state index in [1.807, 2.05) is 40.1 Å². The van der Waals surface area contributed by atoms with Crippen molar-refractivity contribution in [1.29, 1.82) is 0 Å². The highest BCUT2D eigenvalue weighted by molar-refractivity contribution is 5.94. The summed E-state index contributed by atoms with van der Waals surface area (Å²) in [7, 11) is 0. The summed E-state index contributed by atoms with van der Waals surface area (Å²) in [5.74, 6) is 0.235. The topological polar surface area (TPSA) is 43.9 Å². The maximum absolute atomic E-state index is 12.9. The SMILES string of the molecule is CCCN(Cc1ccc(C)cc1)C(=O)CN1CCN(C(=O)c2ccccc2)CC1. The molecular weight excluding hydrogens is 362 g/mol. The molecule has 1 fully saturated rings. The van der Waals surface area contributed by atoms with Gasteiger partial charge in [0.05, 0.1) is 6.54 Å². The van der Waals surface area contributed by atoms with Gasteiger partial charge in [0.15, 0.2) is 0 Å². The first-order valence-corrected chi connectivity index (χ1v) is 10.5. The monoisotopic (exact) mass is 393 g/mol. The molecule has 154 valence electrons. The van der Waals surface area contributed by atoms with Crippen molar-refractivity contribution >= 4 is 11.8 Å². The van der Waals surface area contributed by atoms with Gasteiger partial charge in [-0.05, 0) is 31.0 Å². The minimum absolute atomic E-state index is 0.0727. The molecule has 2 aromatic rings. The lowest BCUT2D eigenvalue weighted by Crippen LogP contribution is -2.51. The molecule has 1 aliphatic heterocycles. The molecule has 0 N–H and O–H groups in total. The predicted molar refractivity (Wildman–Crippen MR) is 116 cm³/mol. The Morgan fingerprint density at radius 3 is 2.21 bits per heavy atom. The first-order valence-electron chi connectivity index (χ1n) is 10.5. The van der Waals surface area contributed by atoms with Crippen molar-refractivity contribution in [3.8, 4) is 0 Å². The Kier molecular flexibility index (Phi) is 7.42. The Hall–Kier alpha value is -2.66. The molecule has 0 atom stereocenters. The van der Waals surface area contributed by atoms with E-state index in [1.54, 1.807) is 0 Å². The third-order valence-corrected chi connectivity index (χ3v) is 5.38. The fourth-order valence-electron chi connectivity index (χ4n) is 3.64. The molecule has 0 radical (unpaired) electrons. The van der Waals surface area contributed by atoms with Crippen LogP contribution >= 0.6 is 0 Å². The van der Waals surface area contributed by atoms with Gasteiger partial charge in [0.2, 0.25) is 5.91 Å². The van der Waals surface area contributed by atoms with Crippen LogP contribution in [0.25, 0.3) is 0 Å². The Labute approximate surface area is 173 Å². The predicted octanol–water partition coefficient (Wildman–Crippen LogP) is 3.19. The molecule has 0 spiro atoms. The van der Waals surface area contributed by atoms with E-state index in [9.17, 15) is 9.59 Å². The van der Waals surface area contributed by atoms with E-state index in [4.69, 9.17) is 0 Å². The minimum atomic E-state index is 0.0727. The van der Waals surface area contributed by atoms with Crippen LogP contribution in [0.15, 0.2) is 54.6 Å². The highest BCUT2D eigenvalue weighted by Gasteiger charge is 2.24. The Bertz CT molecular complexity index is 797.